The van der Waals surface area contributed by atoms with Crippen LogP contribution in [0.2, 0.25) is 0 Å². The average Bonchev–Trinajstić information content (AvgIpc) is 2.41. The lowest BCUT2D eigenvalue weighted by Gasteiger charge is -2.31. The van der Waals surface area contributed by atoms with Gasteiger partial charge in [-0.1, -0.05) is 36.9 Å². The summed E-state index contributed by atoms with van der Waals surface area (Å²) in [6, 6.07) is 10.4. The molecule has 0 radical (unpaired) electrons. The molecule has 0 N–H and O–H groups in total. The standard InChI is InChI=1S/C16H17NS/c1-3-8-15-12-18-13-16(9-4-2)17(15)14-10-6-5-7-11-14/h3-11,13H,1,12H2,2H3/b9-4-,15-8+. The Labute approximate surface area is 113 Å². The fraction of sp³-hybridized carbons (Fsp3) is 0.125. The van der Waals surface area contributed by atoms with Gasteiger partial charge in [0.1, 0.15) is 0 Å². The van der Waals surface area contributed by atoms with Gasteiger partial charge in [-0.2, -0.15) is 0 Å². The highest BCUT2D eigenvalue weighted by Crippen LogP contribution is 2.32. The molecule has 2 heteroatoms. The lowest BCUT2D eigenvalue weighted by molar-refractivity contribution is 1.10. The molecule has 1 nitrogen and oxygen atoms in total. The number of allylic oxidation sites excluding steroid dienone is 4. The number of hydrogen-bond acceptors (Lipinski definition) is 2. The molecule has 0 saturated carbocycles. The van der Waals surface area contributed by atoms with E-state index in [9.17, 15) is 0 Å². The Kier molecular flexibility index (Phi) is 4.48. The maximum absolute atomic E-state index is 3.80. The van der Waals surface area contributed by atoms with Crippen LogP contribution in [0.1, 0.15) is 6.92 Å². The predicted molar refractivity (Wildman–Crippen MR) is 82.6 cm³/mol. The van der Waals surface area contributed by atoms with Crippen LogP contribution < -0.4 is 4.90 Å². The zero-order chi connectivity index (χ0) is 12.8. The van der Waals surface area contributed by atoms with E-state index in [-0.39, 0.29) is 0 Å². The smallest absolute Gasteiger partial charge is 0.0518 e. The van der Waals surface area contributed by atoms with Crippen molar-refractivity contribution in [1.29, 1.82) is 0 Å². The summed E-state index contributed by atoms with van der Waals surface area (Å²) in [7, 11) is 0. The van der Waals surface area contributed by atoms with Crippen molar-refractivity contribution in [2.24, 2.45) is 0 Å². The first-order chi connectivity index (χ1) is 8.86. The van der Waals surface area contributed by atoms with Crippen LogP contribution in [0.3, 0.4) is 0 Å². The molecule has 0 bridgehead atoms. The minimum atomic E-state index is 0.974. The van der Waals surface area contributed by atoms with Crippen molar-refractivity contribution in [3.05, 3.63) is 78.0 Å². The molecule has 1 aliphatic rings. The minimum absolute atomic E-state index is 0.974. The predicted octanol–water partition coefficient (Wildman–Crippen LogP) is 4.73. The summed E-state index contributed by atoms with van der Waals surface area (Å²) in [5.41, 5.74) is 3.65. The Morgan fingerprint density at radius 2 is 2.06 bits per heavy atom. The number of anilines is 1. The van der Waals surface area contributed by atoms with Gasteiger partial charge in [-0.3, -0.25) is 0 Å². The SMILES string of the molecule is C=C/C=C1\CSC=C(/C=C\C)N1c1ccccc1. The van der Waals surface area contributed by atoms with Crippen LogP contribution in [-0.4, -0.2) is 5.75 Å². The van der Waals surface area contributed by atoms with Gasteiger partial charge < -0.3 is 4.90 Å². The van der Waals surface area contributed by atoms with Gasteiger partial charge in [-0.05, 0) is 36.6 Å². The van der Waals surface area contributed by atoms with Crippen LogP contribution >= 0.6 is 11.8 Å². The van der Waals surface area contributed by atoms with Crippen LogP contribution in [0.5, 0.6) is 0 Å². The third-order valence-electron chi connectivity index (χ3n) is 2.64. The molecule has 92 valence electrons. The number of rotatable bonds is 3. The van der Waals surface area contributed by atoms with E-state index in [1.54, 1.807) is 0 Å². The average molecular weight is 255 g/mol. The van der Waals surface area contributed by atoms with Crippen molar-refractivity contribution < 1.29 is 0 Å². The quantitative estimate of drug-likeness (QED) is 0.768. The molecular formula is C16H17NS. The second kappa shape index (κ2) is 6.31. The summed E-state index contributed by atoms with van der Waals surface area (Å²) in [5.74, 6) is 0.974. The molecule has 0 aliphatic carbocycles. The maximum atomic E-state index is 3.80. The Morgan fingerprint density at radius 3 is 2.72 bits per heavy atom. The summed E-state index contributed by atoms with van der Waals surface area (Å²) in [6.07, 6.45) is 8.14. The van der Waals surface area contributed by atoms with Gasteiger partial charge in [0.15, 0.2) is 0 Å². The summed E-state index contributed by atoms with van der Waals surface area (Å²) >= 11 is 1.82. The molecule has 1 aromatic rings. The molecule has 1 aliphatic heterocycles. The summed E-state index contributed by atoms with van der Waals surface area (Å²) in [6.45, 7) is 5.85. The van der Waals surface area contributed by atoms with Crippen LogP contribution in [0.4, 0.5) is 5.69 Å². The first-order valence-electron chi connectivity index (χ1n) is 5.98. The third kappa shape index (κ3) is 2.77. The molecule has 0 amide bonds. The highest BCUT2D eigenvalue weighted by Gasteiger charge is 2.18. The molecule has 2 rings (SSSR count). The normalized spacial score (nSPS) is 18.2. The Hall–Kier alpha value is -1.67. The molecule has 0 atom stereocenters. The van der Waals surface area contributed by atoms with Crippen molar-refractivity contribution in [3.63, 3.8) is 0 Å². The molecule has 0 spiro atoms. The molecular weight excluding hydrogens is 238 g/mol. The van der Waals surface area contributed by atoms with Gasteiger partial charge in [0, 0.05) is 17.1 Å². The zero-order valence-electron chi connectivity index (χ0n) is 10.5. The fourth-order valence-electron chi connectivity index (χ4n) is 1.93. The van der Waals surface area contributed by atoms with Crippen molar-refractivity contribution in [2.45, 2.75) is 6.92 Å². The van der Waals surface area contributed by atoms with Crippen molar-refractivity contribution in [2.75, 3.05) is 10.7 Å². The van der Waals surface area contributed by atoms with E-state index in [2.05, 4.69) is 59.4 Å². The van der Waals surface area contributed by atoms with Gasteiger partial charge in [0.2, 0.25) is 0 Å². The third-order valence-corrected chi connectivity index (χ3v) is 3.51. The lowest BCUT2D eigenvalue weighted by Crippen LogP contribution is -2.24. The van der Waals surface area contributed by atoms with Gasteiger partial charge in [0.25, 0.3) is 0 Å². The highest BCUT2D eigenvalue weighted by atomic mass is 32.2. The Balaban J connectivity index is 2.46. The molecule has 18 heavy (non-hydrogen) atoms. The fourth-order valence-corrected chi connectivity index (χ4v) is 2.76. The molecule has 0 saturated heterocycles. The van der Waals surface area contributed by atoms with E-state index in [0.717, 1.165) is 5.75 Å². The monoisotopic (exact) mass is 255 g/mol. The second-order valence-corrected chi connectivity index (χ2v) is 4.78. The molecule has 0 unspecified atom stereocenters. The first-order valence-corrected chi connectivity index (χ1v) is 7.03. The van der Waals surface area contributed by atoms with Gasteiger partial charge in [-0.25, -0.2) is 0 Å². The first kappa shape index (κ1) is 12.8. The highest BCUT2D eigenvalue weighted by molar-refractivity contribution is 8.02. The zero-order valence-corrected chi connectivity index (χ0v) is 11.4. The molecule has 1 heterocycles. The maximum Gasteiger partial charge on any atom is 0.0518 e. The number of hydrogen-bond donors (Lipinski definition) is 0. The van der Waals surface area contributed by atoms with Crippen LogP contribution in [0.25, 0.3) is 0 Å². The van der Waals surface area contributed by atoms with Crippen LogP contribution in [-0.2, 0) is 0 Å². The van der Waals surface area contributed by atoms with Crippen molar-refractivity contribution in [1.82, 2.24) is 0 Å². The number of para-hydroxylation sites is 1. The van der Waals surface area contributed by atoms with E-state index in [0.29, 0.717) is 0 Å². The van der Waals surface area contributed by atoms with Gasteiger partial charge >= 0.3 is 0 Å². The second-order valence-electron chi connectivity index (χ2n) is 3.92. The molecule has 1 aromatic carbocycles. The minimum Gasteiger partial charge on any atom is -0.313 e. The van der Waals surface area contributed by atoms with Gasteiger partial charge in [0.05, 0.1) is 5.70 Å². The van der Waals surface area contributed by atoms with Crippen LogP contribution in [0, 0.1) is 0 Å². The Morgan fingerprint density at radius 1 is 1.28 bits per heavy atom. The summed E-state index contributed by atoms with van der Waals surface area (Å²) in [4.78, 5) is 2.28. The largest absolute Gasteiger partial charge is 0.313 e. The summed E-state index contributed by atoms with van der Waals surface area (Å²) < 4.78 is 0. The molecule has 0 fully saturated rings. The van der Waals surface area contributed by atoms with E-state index in [1.807, 2.05) is 30.8 Å². The van der Waals surface area contributed by atoms with E-state index in [4.69, 9.17) is 0 Å². The van der Waals surface area contributed by atoms with E-state index in [1.165, 1.54) is 17.1 Å². The Bertz CT molecular complexity index is 497. The number of thioether (sulfide) groups is 1. The van der Waals surface area contributed by atoms with Crippen molar-refractivity contribution >= 4 is 17.4 Å². The lowest BCUT2D eigenvalue weighted by atomic mass is 10.2. The molecule has 0 aromatic heterocycles. The topological polar surface area (TPSA) is 3.24 Å². The summed E-state index contributed by atoms with van der Waals surface area (Å²) in [5, 5.41) is 2.20. The van der Waals surface area contributed by atoms with Crippen LogP contribution in [0.15, 0.2) is 78.0 Å². The van der Waals surface area contributed by atoms with Crippen molar-refractivity contribution in [3.8, 4) is 0 Å². The number of nitrogens with zero attached hydrogens (tertiary/aromatic N) is 1. The van der Waals surface area contributed by atoms with Gasteiger partial charge in [-0.15, -0.1) is 11.8 Å². The van der Waals surface area contributed by atoms with E-state index < -0.39 is 0 Å². The number of benzene rings is 1. The van der Waals surface area contributed by atoms with E-state index >= 15 is 0 Å².